The molecule has 0 aliphatic carbocycles. The molecule has 1 unspecified atom stereocenters. The molecule has 0 bridgehead atoms. The zero-order valence-corrected chi connectivity index (χ0v) is 11.9. The quantitative estimate of drug-likeness (QED) is 0.839. The van der Waals surface area contributed by atoms with Crippen molar-refractivity contribution in [1.82, 2.24) is 15.1 Å². The minimum Gasteiger partial charge on any atom is -0.370 e. The molecular formula is C12H18N4O2S. The van der Waals surface area contributed by atoms with Gasteiger partial charge in [-0.2, -0.15) is 4.98 Å². The molecule has 0 spiro atoms. The van der Waals surface area contributed by atoms with Crippen LogP contribution in [0, 0.1) is 0 Å². The van der Waals surface area contributed by atoms with E-state index < -0.39 is 0 Å². The summed E-state index contributed by atoms with van der Waals surface area (Å²) >= 11 is 1.49. The van der Waals surface area contributed by atoms with Crippen molar-refractivity contribution in [2.45, 2.75) is 39.3 Å². The number of aromatic nitrogens is 3. The highest BCUT2D eigenvalue weighted by Gasteiger charge is 2.19. The van der Waals surface area contributed by atoms with Crippen molar-refractivity contribution in [2.24, 2.45) is 5.73 Å². The molecule has 0 radical (unpaired) electrons. The fourth-order valence-electron chi connectivity index (χ4n) is 1.72. The molecule has 1 atom stereocenters. The van der Waals surface area contributed by atoms with E-state index >= 15 is 0 Å². The summed E-state index contributed by atoms with van der Waals surface area (Å²) < 4.78 is 10.9. The van der Waals surface area contributed by atoms with E-state index in [2.05, 4.69) is 22.0 Å². The Kier molecular flexibility index (Phi) is 5.00. The summed E-state index contributed by atoms with van der Waals surface area (Å²) in [6.07, 6.45) is 1.76. The van der Waals surface area contributed by atoms with Crippen LogP contribution in [0.3, 0.4) is 0 Å². The Morgan fingerprint density at radius 1 is 1.42 bits per heavy atom. The lowest BCUT2D eigenvalue weighted by Gasteiger charge is -2.10. The second-order valence-electron chi connectivity index (χ2n) is 4.02. The van der Waals surface area contributed by atoms with Gasteiger partial charge in [-0.3, -0.25) is 0 Å². The summed E-state index contributed by atoms with van der Waals surface area (Å²) in [5.74, 6) is 1.01. The third-order valence-electron chi connectivity index (χ3n) is 2.59. The predicted octanol–water partition coefficient (Wildman–Crippen LogP) is 2.53. The normalized spacial score (nSPS) is 12.8. The van der Waals surface area contributed by atoms with Crippen LogP contribution in [0.2, 0.25) is 0 Å². The van der Waals surface area contributed by atoms with Crippen LogP contribution in [0.15, 0.2) is 9.90 Å². The van der Waals surface area contributed by atoms with E-state index in [1.807, 2.05) is 12.3 Å². The van der Waals surface area contributed by atoms with Crippen molar-refractivity contribution in [3.63, 3.8) is 0 Å². The van der Waals surface area contributed by atoms with Gasteiger partial charge in [0.25, 0.3) is 5.89 Å². The molecule has 0 amide bonds. The maximum atomic E-state index is 5.62. The maximum Gasteiger partial charge on any atom is 0.277 e. The second-order valence-corrected chi connectivity index (χ2v) is 4.96. The predicted molar refractivity (Wildman–Crippen MR) is 72.6 cm³/mol. The fraction of sp³-hybridized carbons (Fsp3) is 0.583. The van der Waals surface area contributed by atoms with E-state index in [1.165, 1.54) is 11.3 Å². The third kappa shape index (κ3) is 3.37. The summed E-state index contributed by atoms with van der Waals surface area (Å²) in [6.45, 7) is 5.10. The van der Waals surface area contributed by atoms with Crippen molar-refractivity contribution >= 4 is 11.3 Å². The lowest BCUT2D eigenvalue weighted by Crippen LogP contribution is -2.05. The van der Waals surface area contributed by atoms with Crippen molar-refractivity contribution in [3.05, 3.63) is 16.2 Å². The summed E-state index contributed by atoms with van der Waals surface area (Å²) in [7, 11) is 0. The zero-order valence-electron chi connectivity index (χ0n) is 11.1. The van der Waals surface area contributed by atoms with E-state index in [0.29, 0.717) is 30.6 Å². The van der Waals surface area contributed by atoms with Gasteiger partial charge in [0.1, 0.15) is 16.8 Å². The van der Waals surface area contributed by atoms with E-state index in [0.717, 1.165) is 17.8 Å². The first-order valence-electron chi connectivity index (χ1n) is 6.38. The van der Waals surface area contributed by atoms with E-state index in [1.54, 1.807) is 0 Å². The molecule has 104 valence electrons. The highest BCUT2D eigenvalue weighted by Crippen LogP contribution is 2.24. The molecule has 0 aliphatic rings. The van der Waals surface area contributed by atoms with Crippen molar-refractivity contribution in [3.8, 4) is 11.6 Å². The minimum atomic E-state index is -0.111. The molecule has 0 saturated carbocycles. The highest BCUT2D eigenvalue weighted by molar-refractivity contribution is 7.09. The highest BCUT2D eigenvalue weighted by atomic mass is 32.1. The van der Waals surface area contributed by atoms with E-state index in [-0.39, 0.29) is 6.10 Å². The molecule has 2 aromatic rings. The van der Waals surface area contributed by atoms with Crippen LogP contribution in [-0.2, 0) is 11.3 Å². The molecule has 0 fully saturated rings. The molecule has 19 heavy (non-hydrogen) atoms. The number of hydrogen-bond acceptors (Lipinski definition) is 7. The van der Waals surface area contributed by atoms with Gasteiger partial charge in [0.05, 0.1) is 0 Å². The van der Waals surface area contributed by atoms with Gasteiger partial charge >= 0.3 is 0 Å². The average Bonchev–Trinajstić information content (AvgIpc) is 3.07. The molecule has 6 nitrogen and oxygen atoms in total. The van der Waals surface area contributed by atoms with Crippen LogP contribution >= 0.6 is 11.3 Å². The molecule has 0 saturated heterocycles. The molecule has 0 aromatic carbocycles. The van der Waals surface area contributed by atoms with Gasteiger partial charge < -0.3 is 15.0 Å². The monoisotopic (exact) mass is 282 g/mol. The van der Waals surface area contributed by atoms with E-state index in [4.69, 9.17) is 15.0 Å². The van der Waals surface area contributed by atoms with Crippen molar-refractivity contribution < 1.29 is 9.26 Å². The van der Waals surface area contributed by atoms with Gasteiger partial charge in [-0.1, -0.05) is 18.5 Å². The molecule has 2 aromatic heterocycles. The van der Waals surface area contributed by atoms with Crippen LogP contribution in [0.1, 0.15) is 43.6 Å². The Morgan fingerprint density at radius 2 is 2.26 bits per heavy atom. The van der Waals surface area contributed by atoms with Gasteiger partial charge in [-0.25, -0.2) is 4.98 Å². The van der Waals surface area contributed by atoms with Crippen LogP contribution in [-0.4, -0.2) is 21.7 Å². The fourth-order valence-corrected chi connectivity index (χ4v) is 2.37. The average molecular weight is 282 g/mol. The first-order chi connectivity index (χ1) is 9.28. The topological polar surface area (TPSA) is 87.1 Å². The summed E-state index contributed by atoms with van der Waals surface area (Å²) in [4.78, 5) is 8.69. The Labute approximate surface area is 116 Å². The lowest BCUT2D eigenvalue weighted by molar-refractivity contribution is 0.0478. The molecule has 2 heterocycles. The standard InChI is InChI=1S/C12H18N4O2S/c1-3-5-9(17-4-2)11-15-12(18-16-11)8-7-19-10(6-13)14-8/h7,9H,3-6,13H2,1-2H3. The Morgan fingerprint density at radius 3 is 2.89 bits per heavy atom. The zero-order chi connectivity index (χ0) is 13.7. The van der Waals surface area contributed by atoms with Crippen LogP contribution in [0.4, 0.5) is 0 Å². The van der Waals surface area contributed by atoms with E-state index in [9.17, 15) is 0 Å². The molecule has 7 heteroatoms. The molecule has 2 N–H and O–H groups in total. The Bertz CT molecular complexity index is 505. The number of nitrogens with zero attached hydrogens (tertiary/aromatic N) is 3. The first kappa shape index (κ1) is 14.1. The van der Waals surface area contributed by atoms with Gasteiger partial charge in [-0.15, -0.1) is 11.3 Å². The Balaban J connectivity index is 2.16. The number of ether oxygens (including phenoxy) is 1. The van der Waals surface area contributed by atoms with Crippen LogP contribution < -0.4 is 5.73 Å². The largest absolute Gasteiger partial charge is 0.370 e. The van der Waals surface area contributed by atoms with Crippen molar-refractivity contribution in [2.75, 3.05) is 6.61 Å². The number of hydrogen-bond donors (Lipinski definition) is 1. The SMILES string of the molecule is CCCC(OCC)c1noc(-c2csc(CN)n2)n1. The molecule has 0 aliphatic heterocycles. The van der Waals surface area contributed by atoms with Gasteiger partial charge in [-0.05, 0) is 13.3 Å². The Hall–Kier alpha value is -1.31. The van der Waals surface area contributed by atoms with Crippen LogP contribution in [0.5, 0.6) is 0 Å². The van der Waals surface area contributed by atoms with Crippen molar-refractivity contribution in [1.29, 1.82) is 0 Å². The summed E-state index contributed by atoms with van der Waals surface area (Å²) in [5.41, 5.74) is 6.21. The minimum absolute atomic E-state index is 0.111. The van der Waals surface area contributed by atoms with Crippen LogP contribution in [0.25, 0.3) is 11.6 Å². The molecular weight excluding hydrogens is 264 g/mol. The van der Waals surface area contributed by atoms with Gasteiger partial charge in [0.15, 0.2) is 0 Å². The summed E-state index contributed by atoms with van der Waals surface area (Å²) in [6, 6.07) is 0. The first-order valence-corrected chi connectivity index (χ1v) is 7.26. The number of nitrogens with two attached hydrogens (primary N) is 1. The number of thiazole rings is 1. The second kappa shape index (κ2) is 6.74. The molecule has 2 rings (SSSR count). The smallest absolute Gasteiger partial charge is 0.277 e. The maximum absolute atomic E-state index is 5.62. The van der Waals surface area contributed by atoms with Gasteiger partial charge in [0.2, 0.25) is 5.82 Å². The lowest BCUT2D eigenvalue weighted by atomic mass is 10.2. The summed E-state index contributed by atoms with van der Waals surface area (Å²) in [5, 5.41) is 6.71. The van der Waals surface area contributed by atoms with Gasteiger partial charge in [0, 0.05) is 18.5 Å². The number of rotatable bonds is 7. The third-order valence-corrected chi connectivity index (χ3v) is 3.47.